The molecule has 2 aliphatic carbocycles. The Hall–Kier alpha value is -1.51. The van der Waals surface area contributed by atoms with Crippen molar-refractivity contribution in [1.29, 1.82) is 0 Å². The molecule has 0 bridgehead atoms. The summed E-state index contributed by atoms with van der Waals surface area (Å²) < 4.78 is 0. The first kappa shape index (κ1) is 28.5. The fourth-order valence-electron chi connectivity index (χ4n) is 4.07. The molecular formula is C22H42N2O6. The lowest BCUT2D eigenvalue weighted by atomic mass is 9.77. The molecule has 0 saturated heterocycles. The quantitative estimate of drug-likeness (QED) is 0.277. The van der Waals surface area contributed by atoms with E-state index in [2.05, 4.69) is 29.4 Å². The Labute approximate surface area is 181 Å². The van der Waals surface area contributed by atoms with Gasteiger partial charge in [0.2, 0.25) is 5.91 Å². The summed E-state index contributed by atoms with van der Waals surface area (Å²) in [5.41, 5.74) is 0. The van der Waals surface area contributed by atoms with Crippen molar-refractivity contribution in [3.63, 3.8) is 0 Å². The van der Waals surface area contributed by atoms with Crippen LogP contribution < -0.4 is 10.6 Å². The SMILES string of the molecule is CC(=O)C1CCCCC1C(=O)O.CCC.CNCNC(=O)C1CCCCC1COO. The van der Waals surface area contributed by atoms with Crippen LogP contribution in [0.4, 0.5) is 0 Å². The number of aliphatic carboxylic acids is 1. The number of Topliss-reactive ketones (excluding diaryl/α,β-unsaturated/α-hetero) is 1. The number of carbonyl (C=O) groups excluding carboxylic acids is 2. The number of ketones is 1. The number of nitrogens with one attached hydrogen (secondary N) is 2. The van der Waals surface area contributed by atoms with Crippen LogP contribution in [0.2, 0.25) is 0 Å². The number of carboxylic acid groups (broad SMARTS) is 1. The summed E-state index contributed by atoms with van der Waals surface area (Å²) in [6.45, 7) is 6.49. The predicted molar refractivity (Wildman–Crippen MR) is 116 cm³/mol. The van der Waals surface area contributed by atoms with Crippen LogP contribution in [0, 0.1) is 23.7 Å². The van der Waals surface area contributed by atoms with Crippen molar-refractivity contribution in [3.05, 3.63) is 0 Å². The Morgan fingerprint density at radius 3 is 1.87 bits per heavy atom. The molecule has 2 aliphatic rings. The zero-order valence-electron chi connectivity index (χ0n) is 19.1. The van der Waals surface area contributed by atoms with E-state index in [1.807, 2.05) is 0 Å². The summed E-state index contributed by atoms with van der Waals surface area (Å²) in [6.07, 6.45) is 8.66. The fourth-order valence-corrected chi connectivity index (χ4v) is 4.07. The van der Waals surface area contributed by atoms with Crippen LogP contribution >= 0.6 is 0 Å². The lowest BCUT2D eigenvalue weighted by Crippen LogP contribution is -2.41. The van der Waals surface area contributed by atoms with Crippen LogP contribution in [0.5, 0.6) is 0 Å². The Morgan fingerprint density at radius 2 is 1.43 bits per heavy atom. The molecule has 0 aromatic heterocycles. The normalized spacial score (nSPS) is 25.6. The van der Waals surface area contributed by atoms with Gasteiger partial charge in [-0.1, -0.05) is 46.0 Å². The third-order valence-corrected chi connectivity index (χ3v) is 5.58. The Bertz CT molecular complexity index is 476. The van der Waals surface area contributed by atoms with Gasteiger partial charge in [-0.15, -0.1) is 0 Å². The maximum atomic E-state index is 11.8. The average molecular weight is 431 g/mol. The van der Waals surface area contributed by atoms with E-state index < -0.39 is 11.9 Å². The maximum absolute atomic E-state index is 11.8. The second kappa shape index (κ2) is 17.2. The third-order valence-electron chi connectivity index (χ3n) is 5.58. The van der Waals surface area contributed by atoms with Crippen LogP contribution in [0.15, 0.2) is 0 Å². The van der Waals surface area contributed by atoms with Gasteiger partial charge in [-0.05, 0) is 45.6 Å². The minimum absolute atomic E-state index is 0.0146. The predicted octanol–water partition coefficient (Wildman–Crippen LogP) is 3.46. The molecule has 0 radical (unpaired) electrons. The van der Waals surface area contributed by atoms with Crippen molar-refractivity contribution < 1.29 is 29.6 Å². The van der Waals surface area contributed by atoms with Gasteiger partial charge in [0.25, 0.3) is 0 Å². The highest BCUT2D eigenvalue weighted by Crippen LogP contribution is 2.31. The van der Waals surface area contributed by atoms with Crippen LogP contribution in [0.25, 0.3) is 0 Å². The van der Waals surface area contributed by atoms with Gasteiger partial charge in [0.15, 0.2) is 0 Å². The molecule has 2 saturated carbocycles. The molecule has 2 rings (SSSR count). The van der Waals surface area contributed by atoms with E-state index >= 15 is 0 Å². The van der Waals surface area contributed by atoms with Crippen molar-refractivity contribution >= 4 is 17.7 Å². The van der Waals surface area contributed by atoms with E-state index in [4.69, 9.17) is 10.4 Å². The van der Waals surface area contributed by atoms with Crippen LogP contribution in [-0.2, 0) is 19.3 Å². The van der Waals surface area contributed by atoms with E-state index in [0.29, 0.717) is 13.1 Å². The molecule has 30 heavy (non-hydrogen) atoms. The zero-order chi connectivity index (χ0) is 22.9. The van der Waals surface area contributed by atoms with E-state index in [1.165, 1.54) is 13.3 Å². The van der Waals surface area contributed by atoms with Crippen LogP contribution in [0.3, 0.4) is 0 Å². The maximum Gasteiger partial charge on any atom is 0.307 e. The van der Waals surface area contributed by atoms with Crippen molar-refractivity contribution in [2.75, 3.05) is 20.3 Å². The molecule has 0 heterocycles. The van der Waals surface area contributed by atoms with Gasteiger partial charge >= 0.3 is 5.97 Å². The zero-order valence-corrected chi connectivity index (χ0v) is 19.1. The van der Waals surface area contributed by atoms with Gasteiger partial charge in [-0.2, -0.15) is 0 Å². The third kappa shape index (κ3) is 11.0. The highest BCUT2D eigenvalue weighted by molar-refractivity contribution is 5.84. The Balaban J connectivity index is 0.000000505. The summed E-state index contributed by atoms with van der Waals surface area (Å²) in [5, 5.41) is 22.9. The van der Waals surface area contributed by atoms with Gasteiger partial charge in [0.1, 0.15) is 5.78 Å². The summed E-state index contributed by atoms with van der Waals surface area (Å²) in [6, 6.07) is 0. The van der Waals surface area contributed by atoms with Gasteiger partial charge < -0.3 is 15.7 Å². The molecule has 0 aromatic carbocycles. The second-order valence-corrected chi connectivity index (χ2v) is 8.17. The first-order chi connectivity index (χ1) is 14.3. The Morgan fingerprint density at radius 1 is 0.933 bits per heavy atom. The number of carbonyl (C=O) groups is 3. The molecule has 0 spiro atoms. The highest BCUT2D eigenvalue weighted by atomic mass is 17.1. The highest BCUT2D eigenvalue weighted by Gasteiger charge is 2.33. The van der Waals surface area contributed by atoms with Crippen LogP contribution in [0.1, 0.15) is 78.6 Å². The molecule has 176 valence electrons. The standard InChI is InChI=1S/C10H20N2O3.C9H14O3.C3H8/c1-11-7-12-10(13)9-5-3-2-4-8(9)6-15-14;1-6(10)7-4-2-3-5-8(7)9(11)12;1-3-2/h8-9,11,14H,2-7H2,1H3,(H,12,13);7-8H,2-5H2,1H3,(H,11,12);3H2,1-2H3. The summed E-state index contributed by atoms with van der Waals surface area (Å²) in [5.74, 6) is -1.23. The van der Waals surface area contributed by atoms with Crippen molar-refractivity contribution in [1.82, 2.24) is 10.6 Å². The van der Waals surface area contributed by atoms with E-state index in [-0.39, 0.29) is 36.1 Å². The number of hydrogen-bond acceptors (Lipinski definition) is 6. The van der Waals surface area contributed by atoms with Crippen molar-refractivity contribution in [2.24, 2.45) is 23.7 Å². The summed E-state index contributed by atoms with van der Waals surface area (Å²) >= 11 is 0. The monoisotopic (exact) mass is 430 g/mol. The first-order valence-corrected chi connectivity index (χ1v) is 11.3. The van der Waals surface area contributed by atoms with E-state index in [0.717, 1.165) is 44.9 Å². The van der Waals surface area contributed by atoms with Crippen molar-refractivity contribution in [3.8, 4) is 0 Å². The van der Waals surface area contributed by atoms with E-state index in [9.17, 15) is 14.4 Å². The molecule has 2 fully saturated rings. The van der Waals surface area contributed by atoms with Gasteiger partial charge in [-0.3, -0.25) is 19.6 Å². The summed E-state index contributed by atoms with van der Waals surface area (Å²) in [7, 11) is 1.79. The van der Waals surface area contributed by atoms with E-state index in [1.54, 1.807) is 7.05 Å². The number of rotatable bonds is 7. The lowest BCUT2D eigenvalue weighted by Gasteiger charge is -2.29. The number of hydrogen-bond donors (Lipinski definition) is 4. The lowest BCUT2D eigenvalue weighted by molar-refractivity contribution is -0.255. The minimum Gasteiger partial charge on any atom is -0.481 e. The topological polar surface area (TPSA) is 125 Å². The smallest absolute Gasteiger partial charge is 0.307 e. The molecular weight excluding hydrogens is 388 g/mol. The molecule has 4 N–H and O–H groups in total. The second-order valence-electron chi connectivity index (χ2n) is 8.17. The molecule has 4 unspecified atom stereocenters. The Kier molecular flexibility index (Phi) is 16.3. The van der Waals surface area contributed by atoms with Crippen LogP contribution in [-0.4, -0.2) is 48.3 Å². The molecule has 0 aliphatic heterocycles. The summed E-state index contributed by atoms with van der Waals surface area (Å²) in [4.78, 5) is 37.7. The molecule has 4 atom stereocenters. The van der Waals surface area contributed by atoms with Gasteiger partial charge in [-0.25, -0.2) is 4.89 Å². The fraction of sp³-hybridized carbons (Fsp3) is 0.864. The molecule has 0 aromatic rings. The van der Waals surface area contributed by atoms with Gasteiger partial charge in [0, 0.05) is 11.8 Å². The largest absolute Gasteiger partial charge is 0.481 e. The molecule has 1 amide bonds. The van der Waals surface area contributed by atoms with Crippen molar-refractivity contribution in [2.45, 2.75) is 78.6 Å². The first-order valence-electron chi connectivity index (χ1n) is 11.3. The minimum atomic E-state index is -0.810. The average Bonchev–Trinajstić information content (AvgIpc) is 2.73. The number of amides is 1. The number of carboxylic acids is 1. The van der Waals surface area contributed by atoms with Gasteiger partial charge in [0.05, 0.1) is 19.2 Å². The molecule has 8 heteroatoms. The molecule has 8 nitrogen and oxygen atoms in total.